The summed E-state index contributed by atoms with van der Waals surface area (Å²) in [5.74, 6) is 0.0877. The highest BCUT2D eigenvalue weighted by Gasteiger charge is 2.44. The van der Waals surface area contributed by atoms with Crippen molar-refractivity contribution in [2.24, 2.45) is 11.8 Å². The lowest BCUT2D eigenvalue weighted by atomic mass is 9.84. The number of fused-ring (bicyclic) bond motifs is 1. The van der Waals surface area contributed by atoms with Crippen molar-refractivity contribution in [1.82, 2.24) is 5.32 Å². The Morgan fingerprint density at radius 1 is 1.21 bits per heavy atom. The fraction of sp³-hybridized carbons (Fsp3) is 0.429. The minimum absolute atomic E-state index is 0.0988. The van der Waals surface area contributed by atoms with E-state index < -0.39 is 18.4 Å². The molecule has 0 saturated heterocycles. The Kier molecular flexibility index (Phi) is 6.23. The van der Waals surface area contributed by atoms with Gasteiger partial charge in [-0.3, -0.25) is 0 Å². The van der Waals surface area contributed by atoms with Crippen LogP contribution in [0.3, 0.4) is 0 Å². The van der Waals surface area contributed by atoms with Crippen molar-refractivity contribution in [2.45, 2.75) is 26.1 Å². The first kappa shape index (κ1) is 19.8. The summed E-state index contributed by atoms with van der Waals surface area (Å²) in [7, 11) is 2.96. The molecule has 1 aromatic rings. The minimum Gasteiger partial charge on any atom is -0.497 e. The topological polar surface area (TPSA) is 83.1 Å². The molecule has 0 fully saturated rings. The first-order valence-corrected chi connectivity index (χ1v) is 9.21. The number of nitrogens with one attached hydrogen (secondary N) is 1. The van der Waals surface area contributed by atoms with Gasteiger partial charge in [-0.1, -0.05) is 23.8 Å². The number of benzene rings is 1. The molecule has 1 aromatic carbocycles. The normalized spacial score (nSPS) is 22.9. The van der Waals surface area contributed by atoms with E-state index >= 15 is 0 Å². The number of hydrogen-bond acceptors (Lipinski definition) is 6. The third kappa shape index (κ3) is 4.30. The number of allylic oxidation sites excluding steroid dienone is 1. The van der Waals surface area contributed by atoms with Crippen LogP contribution in [0.15, 0.2) is 47.7 Å². The zero-order chi connectivity index (χ0) is 20.1. The van der Waals surface area contributed by atoms with Gasteiger partial charge in [-0.2, -0.15) is 0 Å². The molecule has 3 rings (SSSR count). The molecule has 2 aliphatic rings. The Morgan fingerprint density at radius 3 is 2.64 bits per heavy atom. The van der Waals surface area contributed by atoms with E-state index in [2.05, 4.69) is 5.32 Å². The molecule has 0 spiro atoms. The van der Waals surface area contributed by atoms with Gasteiger partial charge in [-0.05, 0) is 37.5 Å². The molecule has 0 aromatic heterocycles. The van der Waals surface area contributed by atoms with Crippen molar-refractivity contribution in [3.05, 3.63) is 53.3 Å². The molecule has 3 unspecified atom stereocenters. The van der Waals surface area contributed by atoms with Crippen molar-refractivity contribution < 1.29 is 28.5 Å². The number of amides is 1. The maximum absolute atomic E-state index is 12.2. The molecular formula is C21H25NO6. The molecule has 7 heteroatoms. The van der Waals surface area contributed by atoms with Gasteiger partial charge in [0.05, 0.1) is 32.0 Å². The summed E-state index contributed by atoms with van der Waals surface area (Å²) < 4.78 is 21.0. The standard InChI is InChI=1S/C21H25NO6/c1-13-4-9-16-17(19(23)26-3)12-27-20(18(13)16)28-21(24)22-11-10-14-5-7-15(25-2)8-6-14/h4-8,12,16,18,20H,9-11H2,1-3H3,(H,22,24). The molecular weight excluding hydrogens is 362 g/mol. The van der Waals surface area contributed by atoms with Crippen LogP contribution < -0.4 is 10.1 Å². The van der Waals surface area contributed by atoms with Crippen LogP contribution in [0.25, 0.3) is 0 Å². The van der Waals surface area contributed by atoms with Gasteiger partial charge >= 0.3 is 12.1 Å². The third-order valence-corrected chi connectivity index (χ3v) is 5.16. The summed E-state index contributed by atoms with van der Waals surface area (Å²) in [5, 5.41) is 2.74. The predicted octanol–water partition coefficient (Wildman–Crippen LogP) is 2.96. The van der Waals surface area contributed by atoms with E-state index in [1.54, 1.807) is 7.11 Å². The van der Waals surface area contributed by atoms with Gasteiger partial charge in [0, 0.05) is 12.5 Å². The van der Waals surface area contributed by atoms with Gasteiger partial charge in [0.1, 0.15) is 5.75 Å². The lowest BCUT2D eigenvalue weighted by Crippen LogP contribution is -2.40. The molecule has 1 aliphatic carbocycles. The summed E-state index contributed by atoms with van der Waals surface area (Å²) in [6, 6.07) is 7.66. The number of esters is 1. The molecule has 1 amide bonds. The van der Waals surface area contributed by atoms with Gasteiger partial charge in [-0.15, -0.1) is 0 Å². The van der Waals surface area contributed by atoms with Gasteiger partial charge in [0.15, 0.2) is 0 Å². The summed E-state index contributed by atoms with van der Waals surface area (Å²) in [6.07, 6.45) is 3.44. The minimum atomic E-state index is -0.766. The molecule has 28 heavy (non-hydrogen) atoms. The number of alkyl carbamates (subject to hydrolysis) is 1. The summed E-state index contributed by atoms with van der Waals surface area (Å²) in [4.78, 5) is 24.1. The molecule has 1 aliphatic heterocycles. The number of methoxy groups -OCH3 is 2. The second-order valence-electron chi connectivity index (χ2n) is 6.82. The maximum atomic E-state index is 12.2. The predicted molar refractivity (Wildman–Crippen MR) is 102 cm³/mol. The SMILES string of the molecule is COC(=O)C1=COC(OC(=O)NCCc2ccc(OC)cc2)C2C(C)=CCC12. The van der Waals surface area contributed by atoms with E-state index in [0.717, 1.165) is 16.9 Å². The monoisotopic (exact) mass is 387 g/mol. The first-order chi connectivity index (χ1) is 13.5. The Labute approximate surface area is 164 Å². The van der Waals surface area contributed by atoms with Gasteiger partial charge in [-0.25, -0.2) is 9.59 Å². The van der Waals surface area contributed by atoms with Crippen LogP contribution in [0, 0.1) is 11.8 Å². The highest BCUT2D eigenvalue weighted by Crippen LogP contribution is 2.43. The van der Waals surface area contributed by atoms with Crippen LogP contribution >= 0.6 is 0 Å². The lowest BCUT2D eigenvalue weighted by molar-refractivity contribution is -0.141. The number of hydrogen-bond donors (Lipinski definition) is 1. The number of carbonyl (C=O) groups excluding carboxylic acids is 2. The van der Waals surface area contributed by atoms with E-state index in [0.29, 0.717) is 25.0 Å². The van der Waals surface area contributed by atoms with Crippen molar-refractivity contribution in [3.8, 4) is 5.75 Å². The van der Waals surface area contributed by atoms with Crippen molar-refractivity contribution in [3.63, 3.8) is 0 Å². The van der Waals surface area contributed by atoms with Crippen LogP contribution in [0.5, 0.6) is 5.75 Å². The Morgan fingerprint density at radius 2 is 1.96 bits per heavy atom. The second kappa shape index (κ2) is 8.82. The average molecular weight is 387 g/mol. The van der Waals surface area contributed by atoms with Gasteiger partial charge in [0.25, 0.3) is 6.29 Å². The zero-order valence-corrected chi connectivity index (χ0v) is 16.3. The van der Waals surface area contributed by atoms with E-state index in [1.807, 2.05) is 37.3 Å². The number of carbonyl (C=O) groups is 2. The molecule has 3 atom stereocenters. The summed E-state index contributed by atoms with van der Waals surface area (Å²) in [5.41, 5.74) is 2.59. The molecule has 1 N–H and O–H groups in total. The Hall–Kier alpha value is -2.96. The van der Waals surface area contributed by atoms with Crippen LogP contribution in [0.1, 0.15) is 18.9 Å². The van der Waals surface area contributed by atoms with Crippen molar-refractivity contribution >= 4 is 12.1 Å². The summed E-state index contributed by atoms with van der Waals surface area (Å²) >= 11 is 0. The zero-order valence-electron chi connectivity index (χ0n) is 16.3. The quantitative estimate of drug-likeness (QED) is 0.597. The average Bonchev–Trinajstić information content (AvgIpc) is 3.10. The lowest BCUT2D eigenvalue weighted by Gasteiger charge is -2.33. The third-order valence-electron chi connectivity index (χ3n) is 5.16. The van der Waals surface area contributed by atoms with Crippen LogP contribution in [0.2, 0.25) is 0 Å². The van der Waals surface area contributed by atoms with Crippen molar-refractivity contribution in [2.75, 3.05) is 20.8 Å². The maximum Gasteiger partial charge on any atom is 0.410 e. The largest absolute Gasteiger partial charge is 0.497 e. The van der Waals surface area contributed by atoms with E-state index in [9.17, 15) is 9.59 Å². The van der Waals surface area contributed by atoms with Crippen molar-refractivity contribution in [1.29, 1.82) is 0 Å². The van der Waals surface area contributed by atoms with Crippen LogP contribution in [0.4, 0.5) is 4.79 Å². The van der Waals surface area contributed by atoms with Crippen LogP contribution in [-0.2, 0) is 25.4 Å². The molecule has 0 saturated carbocycles. The van der Waals surface area contributed by atoms with E-state index in [1.165, 1.54) is 13.4 Å². The van der Waals surface area contributed by atoms with E-state index in [4.69, 9.17) is 18.9 Å². The fourth-order valence-corrected chi connectivity index (χ4v) is 3.62. The molecule has 0 radical (unpaired) electrons. The molecule has 150 valence electrons. The first-order valence-electron chi connectivity index (χ1n) is 9.21. The molecule has 7 nitrogen and oxygen atoms in total. The van der Waals surface area contributed by atoms with E-state index in [-0.39, 0.29) is 11.8 Å². The number of rotatable bonds is 6. The molecule has 1 heterocycles. The fourth-order valence-electron chi connectivity index (χ4n) is 3.62. The van der Waals surface area contributed by atoms with Crippen LogP contribution in [-0.4, -0.2) is 39.1 Å². The van der Waals surface area contributed by atoms with Gasteiger partial charge < -0.3 is 24.3 Å². The highest BCUT2D eigenvalue weighted by molar-refractivity contribution is 5.89. The number of ether oxygens (including phenoxy) is 4. The second-order valence-corrected chi connectivity index (χ2v) is 6.82. The molecule has 0 bridgehead atoms. The Balaban J connectivity index is 1.53. The smallest absolute Gasteiger partial charge is 0.410 e. The highest BCUT2D eigenvalue weighted by atomic mass is 16.7. The Bertz CT molecular complexity index is 783. The summed E-state index contributed by atoms with van der Waals surface area (Å²) in [6.45, 7) is 2.39. The van der Waals surface area contributed by atoms with Gasteiger partial charge in [0.2, 0.25) is 0 Å².